The Kier molecular flexibility index (Phi) is 0.945. The molecular weight excluding hydrogens is 114 g/mol. The molecule has 0 aromatic heterocycles. The average Bonchev–Trinajstić information content (AvgIpc) is 2.24. The minimum Gasteiger partial charge on any atom is -0.313 e. The summed E-state index contributed by atoms with van der Waals surface area (Å²) in [7, 11) is 0. The third kappa shape index (κ3) is 0.578. The number of hydrogen-bond acceptors (Lipinski definition) is 2. The second-order valence-corrected chi connectivity index (χ2v) is 3.57. The van der Waals surface area contributed by atoms with Crippen LogP contribution in [0.4, 0.5) is 0 Å². The van der Waals surface area contributed by atoms with Crippen molar-refractivity contribution < 1.29 is 5.21 Å². The van der Waals surface area contributed by atoms with E-state index < -0.39 is 0 Å². The van der Waals surface area contributed by atoms with Gasteiger partial charge >= 0.3 is 0 Å². The van der Waals surface area contributed by atoms with Crippen molar-refractivity contribution in [2.75, 3.05) is 0 Å². The summed E-state index contributed by atoms with van der Waals surface area (Å²) in [6.45, 7) is 2.15. The molecule has 2 heterocycles. The third-order valence-corrected chi connectivity index (χ3v) is 2.93. The Morgan fingerprint density at radius 2 is 2.00 bits per heavy atom. The lowest BCUT2D eigenvalue weighted by Gasteiger charge is -2.24. The molecule has 1 N–H and O–H groups in total. The van der Waals surface area contributed by atoms with Gasteiger partial charge in [0.05, 0.1) is 0 Å². The molecule has 0 saturated carbocycles. The monoisotopic (exact) mass is 127 g/mol. The second-order valence-electron chi connectivity index (χ2n) is 3.57. The quantitative estimate of drug-likeness (QED) is 0.531. The van der Waals surface area contributed by atoms with E-state index in [2.05, 4.69) is 6.92 Å². The van der Waals surface area contributed by atoms with Gasteiger partial charge < -0.3 is 5.21 Å². The van der Waals surface area contributed by atoms with Crippen LogP contribution in [0.3, 0.4) is 0 Å². The van der Waals surface area contributed by atoms with Crippen molar-refractivity contribution in [3.05, 3.63) is 0 Å². The summed E-state index contributed by atoms with van der Waals surface area (Å²) in [5.41, 5.74) is 0.157. The van der Waals surface area contributed by atoms with Crippen LogP contribution in [0, 0.1) is 0 Å². The summed E-state index contributed by atoms with van der Waals surface area (Å²) in [4.78, 5) is 0. The van der Waals surface area contributed by atoms with E-state index in [-0.39, 0.29) is 5.54 Å². The van der Waals surface area contributed by atoms with Gasteiger partial charge in [-0.3, -0.25) is 0 Å². The van der Waals surface area contributed by atoms with Crippen LogP contribution in [0.25, 0.3) is 0 Å². The highest BCUT2D eigenvalue weighted by Gasteiger charge is 2.47. The van der Waals surface area contributed by atoms with Crippen molar-refractivity contribution in [2.24, 2.45) is 0 Å². The molecule has 2 bridgehead atoms. The molecule has 0 atom stereocenters. The lowest BCUT2D eigenvalue weighted by molar-refractivity contribution is -0.142. The summed E-state index contributed by atoms with van der Waals surface area (Å²) >= 11 is 0. The van der Waals surface area contributed by atoms with Gasteiger partial charge in [-0.25, -0.2) is 0 Å². The molecule has 0 amide bonds. The zero-order valence-electron chi connectivity index (χ0n) is 5.80. The fourth-order valence-electron chi connectivity index (χ4n) is 2.14. The molecule has 2 heteroatoms. The lowest BCUT2D eigenvalue weighted by atomic mass is 9.90. The highest BCUT2D eigenvalue weighted by Crippen LogP contribution is 2.44. The van der Waals surface area contributed by atoms with Gasteiger partial charge in [-0.2, -0.15) is 5.06 Å². The van der Waals surface area contributed by atoms with Crippen LogP contribution in [-0.4, -0.2) is 21.9 Å². The molecule has 0 radical (unpaired) electrons. The van der Waals surface area contributed by atoms with Gasteiger partial charge in [0, 0.05) is 11.6 Å². The van der Waals surface area contributed by atoms with Crippen molar-refractivity contribution >= 4 is 0 Å². The predicted octanol–water partition coefficient (Wildman–Crippen LogP) is 1.39. The van der Waals surface area contributed by atoms with Gasteiger partial charge in [0.1, 0.15) is 0 Å². The maximum absolute atomic E-state index is 9.42. The molecule has 0 aromatic carbocycles. The highest BCUT2D eigenvalue weighted by molar-refractivity contribution is 5.00. The fourth-order valence-corrected chi connectivity index (χ4v) is 2.14. The van der Waals surface area contributed by atoms with E-state index in [1.807, 2.05) is 0 Å². The van der Waals surface area contributed by atoms with E-state index in [1.54, 1.807) is 5.06 Å². The summed E-state index contributed by atoms with van der Waals surface area (Å²) in [5, 5.41) is 11.0. The number of hydrogen-bond donors (Lipinski definition) is 1. The Labute approximate surface area is 55.4 Å². The first-order valence-corrected chi connectivity index (χ1v) is 3.71. The van der Waals surface area contributed by atoms with Crippen molar-refractivity contribution in [1.82, 2.24) is 5.06 Å². The normalized spacial score (nSPS) is 50.7. The summed E-state index contributed by atoms with van der Waals surface area (Å²) in [6.07, 6.45) is 4.78. The van der Waals surface area contributed by atoms with E-state index in [9.17, 15) is 5.21 Å². The summed E-state index contributed by atoms with van der Waals surface area (Å²) < 4.78 is 0. The molecule has 2 aliphatic heterocycles. The van der Waals surface area contributed by atoms with Crippen LogP contribution in [0.1, 0.15) is 32.6 Å². The van der Waals surface area contributed by atoms with E-state index >= 15 is 0 Å². The van der Waals surface area contributed by atoms with E-state index in [0.717, 1.165) is 0 Å². The minimum atomic E-state index is 0.157. The SMILES string of the molecule is CC12CCC(CC1)N2O. The summed E-state index contributed by atoms with van der Waals surface area (Å²) in [6, 6.07) is 0.495. The largest absolute Gasteiger partial charge is 0.313 e. The second kappa shape index (κ2) is 1.50. The van der Waals surface area contributed by atoms with Crippen LogP contribution in [0.5, 0.6) is 0 Å². The van der Waals surface area contributed by atoms with Gasteiger partial charge in [-0.15, -0.1) is 0 Å². The van der Waals surface area contributed by atoms with Crippen LogP contribution in [0.2, 0.25) is 0 Å². The molecule has 0 aliphatic carbocycles. The average molecular weight is 127 g/mol. The standard InChI is InChI=1S/C7H13NO/c1-7-4-2-6(3-5-7)8(7)9/h6,9H,2-5H2,1H3. The van der Waals surface area contributed by atoms with Gasteiger partial charge in [0.15, 0.2) is 0 Å². The van der Waals surface area contributed by atoms with Crippen LogP contribution >= 0.6 is 0 Å². The Hall–Kier alpha value is -0.0800. The summed E-state index contributed by atoms with van der Waals surface area (Å²) in [5.74, 6) is 0. The van der Waals surface area contributed by atoms with Gasteiger partial charge in [-0.05, 0) is 32.6 Å². The van der Waals surface area contributed by atoms with Crippen LogP contribution < -0.4 is 0 Å². The minimum absolute atomic E-state index is 0.157. The molecule has 0 spiro atoms. The number of rotatable bonds is 0. The van der Waals surface area contributed by atoms with Crippen molar-refractivity contribution in [3.8, 4) is 0 Å². The van der Waals surface area contributed by atoms with Crippen molar-refractivity contribution in [2.45, 2.75) is 44.2 Å². The van der Waals surface area contributed by atoms with Crippen molar-refractivity contribution in [1.29, 1.82) is 0 Å². The smallest absolute Gasteiger partial charge is 0.0436 e. The predicted molar refractivity (Wildman–Crippen MR) is 34.3 cm³/mol. The lowest BCUT2D eigenvalue weighted by Crippen LogP contribution is -2.34. The number of hydroxylamine groups is 2. The maximum atomic E-state index is 9.42. The first-order valence-electron chi connectivity index (χ1n) is 3.71. The molecule has 9 heavy (non-hydrogen) atoms. The topological polar surface area (TPSA) is 23.5 Å². The van der Waals surface area contributed by atoms with Crippen molar-refractivity contribution in [3.63, 3.8) is 0 Å². The van der Waals surface area contributed by atoms with E-state index in [4.69, 9.17) is 0 Å². The molecule has 2 saturated heterocycles. The van der Waals surface area contributed by atoms with Crippen LogP contribution in [0.15, 0.2) is 0 Å². The first kappa shape index (κ1) is 5.69. The van der Waals surface area contributed by atoms with E-state index in [0.29, 0.717) is 6.04 Å². The zero-order valence-corrected chi connectivity index (χ0v) is 5.80. The number of fused-ring (bicyclic) bond motifs is 2. The van der Waals surface area contributed by atoms with E-state index in [1.165, 1.54) is 25.7 Å². The molecular formula is C7H13NO. The maximum Gasteiger partial charge on any atom is 0.0436 e. The Bertz CT molecular complexity index is 127. The Balaban J connectivity index is 2.26. The molecule has 2 nitrogen and oxygen atoms in total. The number of nitrogens with zero attached hydrogens (tertiary/aromatic N) is 1. The Morgan fingerprint density at radius 1 is 1.44 bits per heavy atom. The first-order chi connectivity index (χ1) is 4.22. The van der Waals surface area contributed by atoms with Gasteiger partial charge in [0.2, 0.25) is 0 Å². The van der Waals surface area contributed by atoms with Crippen LogP contribution in [-0.2, 0) is 0 Å². The Morgan fingerprint density at radius 3 is 2.11 bits per heavy atom. The molecule has 2 aliphatic rings. The molecule has 52 valence electrons. The molecule has 0 unspecified atom stereocenters. The highest BCUT2D eigenvalue weighted by atomic mass is 16.5. The van der Waals surface area contributed by atoms with Gasteiger partial charge in [0.25, 0.3) is 0 Å². The zero-order chi connectivity index (χ0) is 6.48. The molecule has 0 aromatic rings. The fraction of sp³-hybridized carbons (Fsp3) is 1.00. The third-order valence-electron chi connectivity index (χ3n) is 2.93. The van der Waals surface area contributed by atoms with Gasteiger partial charge in [-0.1, -0.05) is 0 Å². The molecule has 2 fully saturated rings. The molecule has 2 rings (SSSR count).